The first-order valence-corrected chi connectivity index (χ1v) is 17.4. The second kappa shape index (κ2) is 8.27. The number of fused-ring (bicyclic) bond motifs is 14. The van der Waals surface area contributed by atoms with Gasteiger partial charge in [0.15, 0.2) is 0 Å². The second-order valence-corrected chi connectivity index (χ2v) is 14.8. The van der Waals surface area contributed by atoms with Gasteiger partial charge in [-0.25, -0.2) is 0 Å². The molecule has 12 rings (SSSR count). The summed E-state index contributed by atoms with van der Waals surface area (Å²) in [7, 11) is 0. The highest BCUT2D eigenvalue weighted by molar-refractivity contribution is 6.40. The molecule has 4 aromatic heterocycles. The second-order valence-electron chi connectivity index (χ2n) is 14.8. The number of rotatable bonds is 2. The van der Waals surface area contributed by atoms with Crippen LogP contribution in [0.15, 0.2) is 109 Å². The summed E-state index contributed by atoms with van der Waals surface area (Å²) in [5.41, 5.74) is 10.9. The molecule has 0 saturated carbocycles. The number of aromatic nitrogens is 2. The molecule has 0 bridgehead atoms. The maximum atomic E-state index is 2.60. The van der Waals surface area contributed by atoms with Crippen LogP contribution in [0.25, 0.3) is 109 Å². The van der Waals surface area contributed by atoms with Crippen LogP contribution in [0.2, 0.25) is 0 Å². The van der Waals surface area contributed by atoms with Crippen molar-refractivity contribution in [2.24, 2.45) is 0 Å². The molecule has 0 N–H and O–H groups in total. The van der Waals surface area contributed by atoms with Gasteiger partial charge in [0.2, 0.25) is 0 Å². The van der Waals surface area contributed by atoms with E-state index >= 15 is 0 Å². The van der Waals surface area contributed by atoms with Crippen molar-refractivity contribution in [3.63, 3.8) is 0 Å². The first kappa shape index (κ1) is 25.5. The molecule has 2 heteroatoms. The summed E-state index contributed by atoms with van der Waals surface area (Å²) in [5.74, 6) is 0.726. The van der Waals surface area contributed by atoms with Gasteiger partial charge in [0.05, 0.1) is 33.1 Å². The summed E-state index contributed by atoms with van der Waals surface area (Å²) in [5, 5.41) is 19.3. The van der Waals surface area contributed by atoms with E-state index < -0.39 is 0 Å². The summed E-state index contributed by atoms with van der Waals surface area (Å²) in [6.45, 7) is 9.54. The van der Waals surface area contributed by atoms with Gasteiger partial charge < -0.3 is 8.80 Å². The van der Waals surface area contributed by atoms with Gasteiger partial charge in [0.25, 0.3) is 0 Å². The molecule has 0 spiro atoms. The van der Waals surface area contributed by atoms with Gasteiger partial charge in [-0.3, -0.25) is 0 Å². The summed E-state index contributed by atoms with van der Waals surface area (Å²) < 4.78 is 5.19. The van der Waals surface area contributed by atoms with Crippen molar-refractivity contribution in [2.45, 2.75) is 39.5 Å². The van der Waals surface area contributed by atoms with E-state index in [9.17, 15) is 0 Å². The lowest BCUT2D eigenvalue weighted by atomic mass is 9.82. The zero-order chi connectivity index (χ0) is 31.7. The third kappa shape index (κ3) is 2.63. The molecule has 0 aliphatic heterocycles. The molecule has 0 aliphatic carbocycles. The monoisotopic (exact) mass is 612 g/mol. The average Bonchev–Trinajstić information content (AvgIpc) is 3.83. The fourth-order valence-corrected chi connectivity index (χ4v) is 10.2. The van der Waals surface area contributed by atoms with Crippen LogP contribution in [0.3, 0.4) is 0 Å². The van der Waals surface area contributed by atoms with Crippen molar-refractivity contribution < 1.29 is 0 Å². The first-order valence-electron chi connectivity index (χ1n) is 17.4. The van der Waals surface area contributed by atoms with Crippen molar-refractivity contribution in [1.29, 1.82) is 0 Å². The van der Waals surface area contributed by atoms with Gasteiger partial charge in [0, 0.05) is 53.9 Å². The normalized spacial score (nSPS) is 13.4. The highest BCUT2D eigenvalue weighted by Crippen LogP contribution is 2.53. The van der Waals surface area contributed by atoms with Gasteiger partial charge in [-0.2, -0.15) is 0 Å². The van der Waals surface area contributed by atoms with E-state index in [0.29, 0.717) is 11.8 Å². The van der Waals surface area contributed by atoms with Crippen LogP contribution in [-0.2, 0) is 0 Å². The lowest BCUT2D eigenvalue weighted by Crippen LogP contribution is -1.99. The molecule has 0 aliphatic rings. The lowest BCUT2D eigenvalue weighted by Gasteiger charge is -2.22. The third-order valence-electron chi connectivity index (χ3n) is 11.8. The molecule has 12 aromatic rings. The summed E-state index contributed by atoms with van der Waals surface area (Å²) in [6, 6.07) is 41.7. The van der Waals surface area contributed by atoms with Gasteiger partial charge in [0.1, 0.15) is 0 Å². The Hall–Kier alpha value is -5.60. The number of hydrogen-bond acceptors (Lipinski definition) is 0. The zero-order valence-electron chi connectivity index (χ0n) is 27.4. The van der Waals surface area contributed by atoms with Crippen LogP contribution < -0.4 is 0 Å². The Morgan fingerprint density at radius 1 is 0.312 bits per heavy atom. The van der Waals surface area contributed by atoms with Crippen molar-refractivity contribution in [3.05, 3.63) is 120 Å². The molecule has 0 unspecified atom stereocenters. The molecule has 0 amide bonds. The molecule has 48 heavy (non-hydrogen) atoms. The Kier molecular flexibility index (Phi) is 4.39. The van der Waals surface area contributed by atoms with Gasteiger partial charge in [-0.15, -0.1) is 0 Å². The highest BCUT2D eigenvalue weighted by Gasteiger charge is 2.29. The molecule has 8 aromatic carbocycles. The van der Waals surface area contributed by atoms with E-state index in [1.807, 2.05) is 0 Å². The van der Waals surface area contributed by atoms with Crippen LogP contribution >= 0.6 is 0 Å². The quantitative estimate of drug-likeness (QED) is 0.172. The van der Waals surface area contributed by atoms with E-state index in [1.54, 1.807) is 0 Å². The first-order chi connectivity index (χ1) is 23.5. The average molecular weight is 613 g/mol. The number of para-hydroxylation sites is 4. The highest BCUT2D eigenvalue weighted by atomic mass is 14.9. The van der Waals surface area contributed by atoms with Gasteiger partial charge in [-0.1, -0.05) is 125 Å². The molecular formula is C46H32N2. The maximum Gasteiger partial charge on any atom is 0.0623 e. The maximum absolute atomic E-state index is 2.60. The smallest absolute Gasteiger partial charge is 0.0623 e. The number of benzene rings is 8. The van der Waals surface area contributed by atoms with E-state index in [2.05, 4.69) is 146 Å². The Labute approximate surface area is 276 Å². The van der Waals surface area contributed by atoms with Crippen LogP contribution in [0.4, 0.5) is 0 Å². The minimum absolute atomic E-state index is 0.363. The van der Waals surface area contributed by atoms with Crippen LogP contribution in [0, 0.1) is 0 Å². The van der Waals surface area contributed by atoms with Crippen molar-refractivity contribution in [2.75, 3.05) is 0 Å². The topological polar surface area (TPSA) is 8.82 Å². The summed E-state index contributed by atoms with van der Waals surface area (Å²) in [6.07, 6.45) is 0. The predicted molar refractivity (Wildman–Crippen MR) is 208 cm³/mol. The molecule has 226 valence electrons. The molecular weight excluding hydrogens is 581 g/mol. The molecule has 0 fully saturated rings. The van der Waals surface area contributed by atoms with E-state index in [-0.39, 0.29) is 0 Å². The fourth-order valence-electron chi connectivity index (χ4n) is 10.2. The molecule has 0 radical (unpaired) electrons. The van der Waals surface area contributed by atoms with Gasteiger partial charge >= 0.3 is 0 Å². The minimum Gasteiger partial charge on any atom is -0.307 e. The molecule has 4 heterocycles. The van der Waals surface area contributed by atoms with Crippen LogP contribution in [0.1, 0.15) is 50.7 Å². The van der Waals surface area contributed by atoms with Crippen molar-refractivity contribution in [1.82, 2.24) is 8.80 Å². The standard InChI is InChI=1S/C46H32N2/c1-23(2)37-29-19-21-34-40-30(38(24(3)4)42-32-16-10-14-28-26-12-6-8-18-36(26)48(44(28)32)46(34)42)20-22-33(39(29)40)45-41(37)31-15-9-13-27-25-11-5-7-17-35(25)47(45)43(27)31/h5-24H,1-4H3. The minimum atomic E-state index is 0.363. The lowest BCUT2D eigenvalue weighted by molar-refractivity contribution is 0.885. The van der Waals surface area contributed by atoms with E-state index in [4.69, 9.17) is 0 Å². The SMILES string of the molecule is CC(C)c1c2ccc3c4c(ccc(c24)c2c1c1cccc4c5ccccc5n2c41)c(C(C)C)c1c2cccc4c5ccccc5n(c42)c31. The largest absolute Gasteiger partial charge is 0.307 e. The summed E-state index contributed by atoms with van der Waals surface area (Å²) >= 11 is 0. The van der Waals surface area contributed by atoms with Crippen LogP contribution in [0.5, 0.6) is 0 Å². The van der Waals surface area contributed by atoms with Crippen molar-refractivity contribution in [3.8, 4) is 0 Å². The zero-order valence-corrected chi connectivity index (χ0v) is 27.4. The predicted octanol–water partition coefficient (Wildman–Crippen LogP) is 13.1. The number of hydrogen-bond donors (Lipinski definition) is 0. The Balaban J connectivity index is 1.44. The Morgan fingerprint density at radius 3 is 1.10 bits per heavy atom. The Morgan fingerprint density at radius 2 is 0.667 bits per heavy atom. The fraction of sp³-hybridized carbons (Fsp3) is 0.130. The molecule has 0 saturated heterocycles. The Bertz CT molecular complexity index is 3100. The molecule has 0 atom stereocenters. The molecule has 2 nitrogen and oxygen atoms in total. The summed E-state index contributed by atoms with van der Waals surface area (Å²) in [4.78, 5) is 0. The van der Waals surface area contributed by atoms with Crippen molar-refractivity contribution >= 4 is 109 Å². The van der Waals surface area contributed by atoms with Gasteiger partial charge in [-0.05, 0) is 56.6 Å². The third-order valence-corrected chi connectivity index (χ3v) is 11.8. The van der Waals surface area contributed by atoms with E-state index in [0.717, 1.165) is 0 Å². The number of nitrogens with zero attached hydrogens (tertiary/aromatic N) is 2. The van der Waals surface area contributed by atoms with E-state index in [1.165, 1.54) is 120 Å². The van der Waals surface area contributed by atoms with Crippen LogP contribution in [-0.4, -0.2) is 8.80 Å².